The van der Waals surface area contributed by atoms with Crippen LogP contribution in [0.3, 0.4) is 0 Å². The van der Waals surface area contributed by atoms with Crippen LogP contribution >= 0.6 is 24.0 Å². The number of piperazine rings is 1. The average Bonchev–Trinajstić information content (AvgIpc) is 3.24. The molecule has 2 aliphatic heterocycles. The van der Waals surface area contributed by atoms with Gasteiger partial charge in [0, 0.05) is 45.0 Å². The number of benzene rings is 1. The van der Waals surface area contributed by atoms with Gasteiger partial charge in [0.2, 0.25) is 0 Å². The van der Waals surface area contributed by atoms with Crippen LogP contribution in [0.25, 0.3) is 11.7 Å². The number of aryl methyl sites for hydroxylation is 1. The van der Waals surface area contributed by atoms with Crippen molar-refractivity contribution in [3.8, 4) is 0 Å². The van der Waals surface area contributed by atoms with Crippen LogP contribution in [0.1, 0.15) is 48.8 Å². The van der Waals surface area contributed by atoms with Crippen LogP contribution in [0.2, 0.25) is 0 Å². The van der Waals surface area contributed by atoms with E-state index in [0.717, 1.165) is 64.0 Å². The van der Waals surface area contributed by atoms with Crippen molar-refractivity contribution >= 4 is 51.7 Å². The standard InChI is InChI=1S/C30H33N5O2S2/c1-21-12-13-26-31-27(33-16-14-32(15-17-33)20-22-8-4-2-5-9-22)24(28(36)34(26)19-21)18-25-29(37)35(30(38)39-25)23-10-6-3-7-11-23/h2,4-5,8-9,12-13,18-19,23H,3,6-7,10-11,14-17,20H2,1H3/b25-18-. The van der Waals surface area contributed by atoms with Gasteiger partial charge in [-0.25, -0.2) is 4.98 Å². The zero-order chi connectivity index (χ0) is 26.9. The van der Waals surface area contributed by atoms with Crippen LogP contribution in [0.5, 0.6) is 0 Å². The minimum Gasteiger partial charge on any atom is -0.353 e. The van der Waals surface area contributed by atoms with E-state index in [4.69, 9.17) is 17.2 Å². The predicted molar refractivity (Wildman–Crippen MR) is 162 cm³/mol. The zero-order valence-corrected chi connectivity index (χ0v) is 23.8. The van der Waals surface area contributed by atoms with Crippen molar-refractivity contribution in [2.75, 3.05) is 31.1 Å². The lowest BCUT2D eigenvalue weighted by atomic mass is 9.94. The lowest BCUT2D eigenvalue weighted by Gasteiger charge is -2.36. The molecule has 4 heterocycles. The highest BCUT2D eigenvalue weighted by Gasteiger charge is 2.38. The highest BCUT2D eigenvalue weighted by Crippen LogP contribution is 2.38. The number of fused-ring (bicyclic) bond motifs is 1. The fourth-order valence-corrected chi connectivity index (χ4v) is 7.22. The third-order valence-corrected chi connectivity index (χ3v) is 9.28. The van der Waals surface area contributed by atoms with E-state index >= 15 is 0 Å². The van der Waals surface area contributed by atoms with E-state index in [1.165, 1.54) is 23.7 Å². The second-order valence-electron chi connectivity index (χ2n) is 10.7. The van der Waals surface area contributed by atoms with Crippen molar-refractivity contribution in [1.29, 1.82) is 0 Å². The Kier molecular flexibility index (Phi) is 7.55. The number of aromatic nitrogens is 2. The lowest BCUT2D eigenvalue weighted by Crippen LogP contribution is -2.47. The minimum absolute atomic E-state index is 0.0794. The molecule has 0 radical (unpaired) electrons. The van der Waals surface area contributed by atoms with E-state index in [9.17, 15) is 9.59 Å². The van der Waals surface area contributed by atoms with E-state index in [1.54, 1.807) is 15.4 Å². The maximum atomic E-state index is 13.9. The Bertz CT molecular complexity index is 1490. The molecule has 0 spiro atoms. The first kappa shape index (κ1) is 26.2. The largest absolute Gasteiger partial charge is 0.353 e. The van der Waals surface area contributed by atoms with E-state index in [0.29, 0.717) is 26.3 Å². The molecule has 9 heteroatoms. The molecule has 1 saturated carbocycles. The zero-order valence-electron chi connectivity index (χ0n) is 22.2. The maximum Gasteiger partial charge on any atom is 0.267 e. The molecule has 7 nitrogen and oxygen atoms in total. The molecular formula is C30H33N5O2S2. The molecule has 39 heavy (non-hydrogen) atoms. The number of anilines is 1. The Morgan fingerprint density at radius 1 is 1.00 bits per heavy atom. The highest BCUT2D eigenvalue weighted by atomic mass is 32.2. The Morgan fingerprint density at radius 2 is 1.74 bits per heavy atom. The second kappa shape index (κ2) is 11.2. The smallest absolute Gasteiger partial charge is 0.267 e. The summed E-state index contributed by atoms with van der Waals surface area (Å²) < 4.78 is 2.19. The van der Waals surface area contributed by atoms with E-state index in [2.05, 4.69) is 34.1 Å². The molecule has 3 aliphatic rings. The summed E-state index contributed by atoms with van der Waals surface area (Å²) in [5, 5.41) is 0. The number of carbonyl (C=O) groups is 1. The van der Waals surface area contributed by atoms with Crippen LogP contribution in [0, 0.1) is 6.92 Å². The summed E-state index contributed by atoms with van der Waals surface area (Å²) in [6.45, 7) is 6.11. The van der Waals surface area contributed by atoms with Gasteiger partial charge < -0.3 is 4.90 Å². The van der Waals surface area contributed by atoms with Crippen LogP contribution < -0.4 is 10.5 Å². The first-order valence-corrected chi connectivity index (χ1v) is 15.0. The van der Waals surface area contributed by atoms with Gasteiger partial charge in [0.1, 0.15) is 15.8 Å². The van der Waals surface area contributed by atoms with Gasteiger partial charge in [-0.1, -0.05) is 79.6 Å². The molecule has 0 unspecified atom stereocenters. The van der Waals surface area contributed by atoms with Crippen LogP contribution in [-0.2, 0) is 11.3 Å². The quantitative estimate of drug-likeness (QED) is 0.327. The predicted octanol–water partition coefficient (Wildman–Crippen LogP) is 4.86. The molecule has 6 rings (SSSR count). The Hall–Kier alpha value is -3.01. The van der Waals surface area contributed by atoms with E-state index < -0.39 is 0 Å². The molecule has 202 valence electrons. The summed E-state index contributed by atoms with van der Waals surface area (Å²) in [5.41, 5.74) is 3.18. The van der Waals surface area contributed by atoms with Crippen molar-refractivity contribution in [3.05, 3.63) is 80.6 Å². The van der Waals surface area contributed by atoms with Crippen LogP contribution in [0.15, 0.2) is 58.4 Å². The van der Waals surface area contributed by atoms with Gasteiger partial charge in [0.05, 0.1) is 10.5 Å². The summed E-state index contributed by atoms with van der Waals surface area (Å²) in [4.78, 5) is 39.3. The molecule has 0 N–H and O–H groups in total. The van der Waals surface area contributed by atoms with Crippen molar-refractivity contribution in [1.82, 2.24) is 19.2 Å². The summed E-state index contributed by atoms with van der Waals surface area (Å²) >= 11 is 6.97. The maximum absolute atomic E-state index is 13.9. The Morgan fingerprint density at radius 3 is 2.49 bits per heavy atom. The molecular weight excluding hydrogens is 526 g/mol. The van der Waals surface area contributed by atoms with Gasteiger partial charge in [-0.2, -0.15) is 0 Å². The fourth-order valence-electron chi connectivity index (χ4n) is 5.84. The van der Waals surface area contributed by atoms with Gasteiger partial charge in [-0.3, -0.25) is 23.8 Å². The third kappa shape index (κ3) is 5.40. The van der Waals surface area contributed by atoms with Crippen molar-refractivity contribution in [2.45, 2.75) is 51.6 Å². The molecule has 2 saturated heterocycles. The van der Waals surface area contributed by atoms with E-state index in [-0.39, 0.29) is 17.5 Å². The van der Waals surface area contributed by atoms with Crippen LogP contribution in [-0.4, -0.2) is 61.6 Å². The Balaban J connectivity index is 1.32. The molecule has 3 aromatic rings. The van der Waals surface area contributed by atoms with E-state index in [1.807, 2.05) is 31.3 Å². The van der Waals surface area contributed by atoms with Gasteiger partial charge in [0.25, 0.3) is 11.5 Å². The molecule has 3 fully saturated rings. The molecule has 0 atom stereocenters. The lowest BCUT2D eigenvalue weighted by molar-refractivity contribution is -0.124. The SMILES string of the molecule is Cc1ccc2nc(N3CCN(Cc4ccccc4)CC3)c(/C=C3\SC(=S)N(C4CCCCC4)C3=O)c(=O)n2c1. The second-order valence-corrected chi connectivity index (χ2v) is 12.4. The number of hydrogen-bond acceptors (Lipinski definition) is 7. The molecule has 1 amide bonds. The molecule has 0 bridgehead atoms. The van der Waals surface area contributed by atoms with Gasteiger partial charge in [0.15, 0.2) is 0 Å². The third-order valence-electron chi connectivity index (χ3n) is 7.95. The first-order valence-electron chi connectivity index (χ1n) is 13.8. The molecule has 1 aliphatic carbocycles. The van der Waals surface area contributed by atoms with Crippen molar-refractivity contribution in [3.63, 3.8) is 0 Å². The summed E-state index contributed by atoms with van der Waals surface area (Å²) in [6, 6.07) is 14.5. The number of hydrogen-bond donors (Lipinski definition) is 0. The number of amides is 1. The van der Waals surface area contributed by atoms with Gasteiger partial charge >= 0.3 is 0 Å². The van der Waals surface area contributed by atoms with Crippen LogP contribution in [0.4, 0.5) is 5.82 Å². The monoisotopic (exact) mass is 559 g/mol. The van der Waals surface area contributed by atoms with Crippen molar-refractivity contribution in [2.24, 2.45) is 0 Å². The number of carbonyl (C=O) groups excluding carboxylic acids is 1. The average molecular weight is 560 g/mol. The Labute approximate surface area is 238 Å². The molecule has 2 aromatic heterocycles. The number of nitrogens with zero attached hydrogens (tertiary/aromatic N) is 5. The summed E-state index contributed by atoms with van der Waals surface area (Å²) in [7, 11) is 0. The normalized spacial score (nSPS) is 20.5. The fraction of sp³-hybridized carbons (Fsp3) is 0.400. The summed E-state index contributed by atoms with van der Waals surface area (Å²) in [6.07, 6.45) is 8.99. The van der Waals surface area contributed by atoms with Crippen molar-refractivity contribution < 1.29 is 4.79 Å². The minimum atomic E-state index is -0.159. The number of rotatable bonds is 5. The number of thioether (sulfide) groups is 1. The summed E-state index contributed by atoms with van der Waals surface area (Å²) in [5.74, 6) is 0.565. The number of pyridine rings is 1. The molecule has 1 aromatic carbocycles. The number of thiocarbonyl (C=S) groups is 1. The first-order chi connectivity index (χ1) is 19.0. The van der Waals surface area contributed by atoms with Gasteiger partial charge in [-0.15, -0.1) is 0 Å². The van der Waals surface area contributed by atoms with Gasteiger partial charge in [-0.05, 0) is 43.0 Å². The highest BCUT2D eigenvalue weighted by molar-refractivity contribution is 8.26. The topological polar surface area (TPSA) is 61.2 Å².